The van der Waals surface area contributed by atoms with E-state index in [0.717, 1.165) is 0 Å². The maximum absolute atomic E-state index is 5.57. The third kappa shape index (κ3) is 1.14. The maximum atomic E-state index is 5.57. The van der Waals surface area contributed by atoms with Crippen molar-refractivity contribution in [1.29, 1.82) is 0 Å². The molecule has 1 saturated heterocycles. The van der Waals surface area contributed by atoms with E-state index in [0.29, 0.717) is 6.10 Å². The highest BCUT2D eigenvalue weighted by Crippen LogP contribution is 2.49. The predicted octanol–water partition coefficient (Wildman–Crippen LogP) is 2.84. The molecule has 0 amide bonds. The Hall–Kier alpha value is -0.820. The molecule has 1 aromatic carbocycles. The minimum Gasteiger partial charge on any atom is -0.362 e. The highest BCUT2D eigenvalue weighted by atomic mass is 16.6. The van der Waals surface area contributed by atoms with Crippen LogP contribution in [0.2, 0.25) is 0 Å². The highest BCUT2D eigenvalue weighted by Gasteiger charge is 2.49. The van der Waals surface area contributed by atoms with Gasteiger partial charge in [-0.2, -0.15) is 0 Å². The van der Waals surface area contributed by atoms with Gasteiger partial charge >= 0.3 is 0 Å². The van der Waals surface area contributed by atoms with Crippen molar-refractivity contribution in [2.75, 3.05) is 0 Å². The fourth-order valence-electron chi connectivity index (χ4n) is 1.59. The van der Waals surface area contributed by atoms with Crippen LogP contribution in [0.3, 0.4) is 0 Å². The molecule has 0 radical (unpaired) electrons. The van der Waals surface area contributed by atoms with Gasteiger partial charge in [0.25, 0.3) is 0 Å². The topological polar surface area (TPSA) is 12.5 Å². The zero-order valence-corrected chi connectivity index (χ0v) is 7.79. The smallest absolute Gasteiger partial charge is 0.112 e. The molecule has 0 aliphatic carbocycles. The van der Waals surface area contributed by atoms with Gasteiger partial charge in [0.15, 0.2) is 0 Å². The van der Waals surface area contributed by atoms with Crippen LogP contribution in [0.1, 0.15) is 31.1 Å². The summed E-state index contributed by atoms with van der Waals surface area (Å²) >= 11 is 0. The number of hydrogen-bond acceptors (Lipinski definition) is 1. The zero-order valence-electron chi connectivity index (χ0n) is 7.79. The first kappa shape index (κ1) is 7.81. The molecule has 1 aliphatic rings. The molecule has 12 heavy (non-hydrogen) atoms. The summed E-state index contributed by atoms with van der Waals surface area (Å²) in [6.07, 6.45) is 0.318. The summed E-state index contributed by atoms with van der Waals surface area (Å²) < 4.78 is 5.57. The number of ether oxygens (including phenoxy) is 1. The maximum Gasteiger partial charge on any atom is 0.112 e. The lowest BCUT2D eigenvalue weighted by atomic mass is 9.99. The van der Waals surface area contributed by atoms with Crippen LogP contribution in [0.25, 0.3) is 0 Å². The van der Waals surface area contributed by atoms with Gasteiger partial charge in [-0.25, -0.2) is 0 Å². The second-order valence-corrected chi connectivity index (χ2v) is 3.96. The number of aryl methyl sites for hydroxylation is 1. The van der Waals surface area contributed by atoms with Crippen LogP contribution in [-0.2, 0) is 4.74 Å². The van der Waals surface area contributed by atoms with Gasteiger partial charge in [0, 0.05) is 0 Å². The number of epoxide rings is 1. The minimum absolute atomic E-state index is 0.0616. The Morgan fingerprint density at radius 1 is 1.25 bits per heavy atom. The van der Waals surface area contributed by atoms with E-state index < -0.39 is 0 Å². The average molecular weight is 162 g/mol. The molecule has 0 saturated carbocycles. The van der Waals surface area contributed by atoms with E-state index in [2.05, 4.69) is 45.0 Å². The molecule has 1 heterocycles. The molecule has 64 valence electrons. The standard InChI is InChI=1S/C11H14O/c1-8-6-4-5-7-9(8)10-11(2,3)12-10/h4-7,10H,1-3H3. The molecular formula is C11H14O. The normalized spacial score (nSPS) is 25.4. The van der Waals surface area contributed by atoms with E-state index in [1.165, 1.54) is 11.1 Å². The summed E-state index contributed by atoms with van der Waals surface area (Å²) in [4.78, 5) is 0. The molecule has 0 aromatic heterocycles. The molecule has 1 heteroatoms. The summed E-state index contributed by atoms with van der Waals surface area (Å²) in [7, 11) is 0. The molecule has 1 aliphatic heterocycles. The van der Waals surface area contributed by atoms with Gasteiger partial charge < -0.3 is 4.74 Å². The molecule has 1 aromatic rings. The molecule has 1 atom stereocenters. The predicted molar refractivity (Wildman–Crippen MR) is 49.1 cm³/mol. The van der Waals surface area contributed by atoms with Crippen molar-refractivity contribution < 1.29 is 4.74 Å². The number of benzene rings is 1. The first-order chi connectivity index (χ1) is 5.61. The third-order valence-electron chi connectivity index (χ3n) is 2.47. The summed E-state index contributed by atoms with van der Waals surface area (Å²) in [5, 5.41) is 0. The van der Waals surface area contributed by atoms with E-state index in [9.17, 15) is 0 Å². The molecule has 0 spiro atoms. The van der Waals surface area contributed by atoms with Crippen LogP contribution in [0, 0.1) is 6.92 Å². The van der Waals surface area contributed by atoms with Gasteiger partial charge in [-0.1, -0.05) is 24.3 Å². The van der Waals surface area contributed by atoms with Crippen LogP contribution in [0.4, 0.5) is 0 Å². The van der Waals surface area contributed by atoms with E-state index in [1.807, 2.05) is 0 Å². The summed E-state index contributed by atoms with van der Waals surface area (Å²) in [5.41, 5.74) is 2.72. The molecule has 1 nitrogen and oxygen atoms in total. The second kappa shape index (κ2) is 2.33. The van der Waals surface area contributed by atoms with Crippen LogP contribution >= 0.6 is 0 Å². The van der Waals surface area contributed by atoms with Crippen molar-refractivity contribution in [2.24, 2.45) is 0 Å². The molecule has 1 fully saturated rings. The van der Waals surface area contributed by atoms with Crippen LogP contribution in [0.5, 0.6) is 0 Å². The van der Waals surface area contributed by atoms with Gasteiger partial charge in [-0.15, -0.1) is 0 Å². The monoisotopic (exact) mass is 162 g/mol. The first-order valence-electron chi connectivity index (χ1n) is 4.34. The lowest BCUT2D eigenvalue weighted by Crippen LogP contribution is -1.98. The Labute approximate surface area is 73.4 Å². The largest absolute Gasteiger partial charge is 0.362 e. The first-order valence-corrected chi connectivity index (χ1v) is 4.34. The van der Waals surface area contributed by atoms with Crippen molar-refractivity contribution in [1.82, 2.24) is 0 Å². The SMILES string of the molecule is Cc1ccccc1C1OC1(C)C. The second-order valence-electron chi connectivity index (χ2n) is 3.96. The molecule has 1 unspecified atom stereocenters. The quantitative estimate of drug-likeness (QED) is 0.578. The van der Waals surface area contributed by atoms with Crippen molar-refractivity contribution in [3.05, 3.63) is 35.4 Å². The number of rotatable bonds is 1. The Morgan fingerprint density at radius 3 is 2.33 bits per heavy atom. The van der Waals surface area contributed by atoms with Crippen LogP contribution in [0.15, 0.2) is 24.3 Å². The van der Waals surface area contributed by atoms with Crippen molar-refractivity contribution in [2.45, 2.75) is 32.5 Å². The Balaban J connectivity index is 2.31. The van der Waals surface area contributed by atoms with Crippen molar-refractivity contribution >= 4 is 0 Å². The summed E-state index contributed by atoms with van der Waals surface area (Å²) in [6.45, 7) is 6.39. The summed E-state index contributed by atoms with van der Waals surface area (Å²) in [5.74, 6) is 0. The highest BCUT2D eigenvalue weighted by molar-refractivity contribution is 5.32. The fraction of sp³-hybridized carbons (Fsp3) is 0.455. The van der Waals surface area contributed by atoms with E-state index in [1.54, 1.807) is 0 Å². The number of hydrogen-bond donors (Lipinski definition) is 0. The van der Waals surface area contributed by atoms with Gasteiger partial charge in [0.2, 0.25) is 0 Å². The van der Waals surface area contributed by atoms with Gasteiger partial charge in [0.05, 0.1) is 5.60 Å². The molecule has 0 N–H and O–H groups in total. The fourth-order valence-corrected chi connectivity index (χ4v) is 1.59. The van der Waals surface area contributed by atoms with E-state index in [4.69, 9.17) is 4.74 Å². The Morgan fingerprint density at radius 2 is 1.83 bits per heavy atom. The molecular weight excluding hydrogens is 148 g/mol. The Bertz CT molecular complexity index is 302. The third-order valence-corrected chi connectivity index (χ3v) is 2.47. The lowest BCUT2D eigenvalue weighted by Gasteiger charge is -2.01. The van der Waals surface area contributed by atoms with Crippen LogP contribution < -0.4 is 0 Å². The lowest BCUT2D eigenvalue weighted by molar-refractivity contribution is 0.325. The van der Waals surface area contributed by atoms with E-state index in [-0.39, 0.29) is 5.60 Å². The zero-order chi connectivity index (χ0) is 8.77. The van der Waals surface area contributed by atoms with Gasteiger partial charge in [-0.3, -0.25) is 0 Å². The molecule has 2 rings (SSSR count). The summed E-state index contributed by atoms with van der Waals surface area (Å²) in [6, 6.07) is 8.41. The van der Waals surface area contributed by atoms with Crippen LogP contribution in [-0.4, -0.2) is 5.60 Å². The molecule has 0 bridgehead atoms. The van der Waals surface area contributed by atoms with Crippen molar-refractivity contribution in [3.63, 3.8) is 0 Å². The van der Waals surface area contributed by atoms with Gasteiger partial charge in [-0.05, 0) is 31.9 Å². The van der Waals surface area contributed by atoms with Gasteiger partial charge in [0.1, 0.15) is 6.10 Å². The minimum atomic E-state index is 0.0616. The Kier molecular flexibility index (Phi) is 1.52. The van der Waals surface area contributed by atoms with E-state index >= 15 is 0 Å². The average Bonchev–Trinajstić information content (AvgIpc) is 2.61. The van der Waals surface area contributed by atoms with Crippen molar-refractivity contribution in [3.8, 4) is 0 Å².